The van der Waals surface area contributed by atoms with E-state index in [1.165, 1.54) is 0 Å². The highest BCUT2D eigenvalue weighted by Gasteiger charge is 2.58. The number of benzene rings is 1. The number of piperazine rings is 1. The molecule has 2 amide bonds. The van der Waals surface area contributed by atoms with Crippen LogP contribution < -0.4 is 10.2 Å². The standard InChI is InChI=1S/C22H36Cl2N4O9P2/c23-7-14-28(17-29,15-8-24)19-4-2-18(3-5-19)16-20(25)21(30)27-12-10-26(11-13-27)9-1-6-22(31,38(32,33)34)39(35,36)37/h2-5,17,20,31H,1,6-16,25H2,(H3-,32,33,34,35,36,37)/p+1/t20-/m0/s1. The fraction of sp³-hybridized carbons (Fsp3) is 0.636. The van der Waals surface area contributed by atoms with Crippen LogP contribution >= 0.6 is 38.4 Å². The number of halogens is 2. The van der Waals surface area contributed by atoms with E-state index < -0.39 is 32.7 Å². The highest BCUT2D eigenvalue weighted by atomic mass is 35.5. The molecular weight excluding hydrogens is 597 g/mol. The van der Waals surface area contributed by atoms with E-state index in [9.17, 15) is 43.4 Å². The molecule has 1 saturated heterocycles. The second-order valence-electron chi connectivity index (χ2n) is 9.57. The summed E-state index contributed by atoms with van der Waals surface area (Å²) >= 11 is 11.8. The quantitative estimate of drug-likeness (QED) is 0.0676. The van der Waals surface area contributed by atoms with Gasteiger partial charge in [0.05, 0.1) is 17.8 Å². The predicted molar refractivity (Wildman–Crippen MR) is 148 cm³/mol. The highest BCUT2D eigenvalue weighted by molar-refractivity contribution is 7.72. The molecule has 1 aromatic rings. The first-order valence-electron chi connectivity index (χ1n) is 12.3. The van der Waals surface area contributed by atoms with E-state index in [-0.39, 0.29) is 41.5 Å². The molecule has 0 aliphatic carbocycles. The van der Waals surface area contributed by atoms with E-state index in [4.69, 9.17) is 28.9 Å². The van der Waals surface area contributed by atoms with E-state index in [0.29, 0.717) is 39.3 Å². The third kappa shape index (κ3) is 8.54. The number of aliphatic hydroxyl groups is 1. The summed E-state index contributed by atoms with van der Waals surface area (Å²) in [4.78, 5) is 65.2. The SMILES string of the molecule is N[C@@H](Cc1ccc([N+](C=O)(CCCl)CCCl)cc1)C(=O)N1CCN(CCCC(O)(P(=O)(O)O)P(=O)(O)O)CC1. The minimum Gasteiger partial charge on any atom is -0.368 e. The number of nitrogens with two attached hydrogens (primary N) is 1. The van der Waals surface area contributed by atoms with Gasteiger partial charge in [-0.3, -0.25) is 18.8 Å². The molecule has 1 aromatic carbocycles. The Morgan fingerprint density at radius 3 is 1.97 bits per heavy atom. The van der Waals surface area contributed by atoms with E-state index in [0.717, 1.165) is 17.7 Å². The second-order valence-corrected chi connectivity index (χ2v) is 14.3. The molecule has 1 fully saturated rings. The zero-order chi connectivity index (χ0) is 29.5. The van der Waals surface area contributed by atoms with Gasteiger partial charge in [-0.1, -0.05) is 12.1 Å². The van der Waals surface area contributed by atoms with Gasteiger partial charge in [0.25, 0.3) is 5.08 Å². The Morgan fingerprint density at radius 1 is 1.03 bits per heavy atom. The number of rotatable bonds is 15. The minimum absolute atomic E-state index is 0.000449. The molecule has 1 heterocycles. The van der Waals surface area contributed by atoms with Crippen molar-refractivity contribution in [3.05, 3.63) is 29.8 Å². The van der Waals surface area contributed by atoms with Gasteiger partial charge in [0.1, 0.15) is 18.8 Å². The van der Waals surface area contributed by atoms with E-state index >= 15 is 0 Å². The van der Waals surface area contributed by atoms with Gasteiger partial charge in [0, 0.05) is 32.6 Å². The lowest BCUT2D eigenvalue weighted by Crippen LogP contribution is -2.53. The summed E-state index contributed by atoms with van der Waals surface area (Å²) in [6, 6.07) is 6.45. The largest absolute Gasteiger partial charge is 0.369 e. The van der Waals surface area contributed by atoms with Gasteiger partial charge in [0.15, 0.2) is 0 Å². The Morgan fingerprint density at radius 2 is 1.54 bits per heavy atom. The molecule has 17 heteroatoms. The molecule has 1 atom stereocenters. The number of amides is 2. The molecule has 0 spiro atoms. The number of nitrogens with zero attached hydrogens (tertiary/aromatic N) is 3. The number of carbonyl (C=O) groups is 2. The Kier molecular flexibility index (Phi) is 12.6. The second kappa shape index (κ2) is 14.3. The molecular formula is C22H37Cl2N4O9P2+. The van der Waals surface area contributed by atoms with Crippen molar-refractivity contribution in [1.82, 2.24) is 14.3 Å². The maximum absolute atomic E-state index is 12.9. The number of alkyl halides is 2. The van der Waals surface area contributed by atoms with Crippen LogP contribution in [0.1, 0.15) is 18.4 Å². The van der Waals surface area contributed by atoms with Crippen molar-refractivity contribution in [2.45, 2.75) is 30.4 Å². The third-order valence-corrected chi connectivity index (χ3v) is 11.2. The molecule has 39 heavy (non-hydrogen) atoms. The van der Waals surface area contributed by atoms with Crippen LogP contribution in [0.4, 0.5) is 5.69 Å². The monoisotopic (exact) mass is 633 g/mol. The van der Waals surface area contributed by atoms with Gasteiger partial charge in [-0.05, 0) is 37.1 Å². The summed E-state index contributed by atoms with van der Waals surface area (Å²) in [6.45, 7) is 2.56. The van der Waals surface area contributed by atoms with Crippen LogP contribution in [0, 0.1) is 0 Å². The first-order valence-corrected chi connectivity index (χ1v) is 16.6. The van der Waals surface area contributed by atoms with Gasteiger partial charge in [-0.2, -0.15) is 0 Å². The summed E-state index contributed by atoms with van der Waals surface area (Å²) in [7, 11) is -11.0. The average molecular weight is 634 g/mol. The molecule has 1 aliphatic heterocycles. The fourth-order valence-electron chi connectivity index (χ4n) is 4.54. The average Bonchev–Trinajstić information content (AvgIpc) is 2.87. The van der Waals surface area contributed by atoms with Crippen molar-refractivity contribution >= 4 is 56.4 Å². The molecule has 7 N–H and O–H groups in total. The van der Waals surface area contributed by atoms with Gasteiger partial charge >= 0.3 is 21.6 Å². The smallest absolute Gasteiger partial charge is 0.368 e. The molecule has 0 bridgehead atoms. The summed E-state index contributed by atoms with van der Waals surface area (Å²) in [5.74, 6) is 0.332. The van der Waals surface area contributed by atoms with Crippen LogP contribution in [0.5, 0.6) is 0 Å². The third-order valence-electron chi connectivity index (χ3n) is 7.00. The molecule has 2 rings (SSSR count). The number of carbonyl (C=O) groups excluding carboxylic acids is 2. The first kappa shape index (κ1) is 34.3. The van der Waals surface area contributed by atoms with Gasteiger partial charge in [-0.25, -0.2) is 9.28 Å². The Hall–Kier alpha value is -0.920. The van der Waals surface area contributed by atoms with Crippen LogP contribution in [0.25, 0.3) is 0 Å². The summed E-state index contributed by atoms with van der Waals surface area (Å²) in [5.41, 5.74) is 7.76. The zero-order valence-corrected chi connectivity index (χ0v) is 24.7. The van der Waals surface area contributed by atoms with E-state index in [2.05, 4.69) is 0 Å². The lowest BCUT2D eigenvalue weighted by molar-refractivity contribution is -0.134. The number of hydrogen-bond donors (Lipinski definition) is 6. The van der Waals surface area contributed by atoms with Gasteiger partial charge in [0.2, 0.25) is 5.91 Å². The van der Waals surface area contributed by atoms with E-state index in [1.54, 1.807) is 17.0 Å². The minimum atomic E-state index is -5.48. The highest BCUT2D eigenvalue weighted by Crippen LogP contribution is 2.69. The van der Waals surface area contributed by atoms with Crippen LogP contribution in [-0.4, -0.2) is 115 Å². The first-order chi connectivity index (χ1) is 18.1. The van der Waals surface area contributed by atoms with Crippen molar-refractivity contribution in [3.63, 3.8) is 0 Å². The normalized spacial score (nSPS) is 16.8. The molecule has 222 valence electrons. The summed E-state index contributed by atoms with van der Waals surface area (Å²) in [6.07, 6.45) is 0.254. The molecule has 0 unspecified atom stereocenters. The summed E-state index contributed by atoms with van der Waals surface area (Å²) in [5, 5.41) is 6.56. The maximum atomic E-state index is 12.9. The zero-order valence-electron chi connectivity index (χ0n) is 21.4. The maximum Gasteiger partial charge on any atom is 0.369 e. The Labute approximate surface area is 237 Å². The fourth-order valence-corrected chi connectivity index (χ4v) is 7.39. The van der Waals surface area contributed by atoms with Crippen molar-refractivity contribution in [1.29, 1.82) is 0 Å². The van der Waals surface area contributed by atoms with Crippen LogP contribution in [0.3, 0.4) is 0 Å². The Balaban J connectivity index is 1.89. The number of quaternary nitrogens is 1. The lowest BCUT2D eigenvalue weighted by atomic mass is 10.0. The topological polar surface area (TPSA) is 202 Å². The van der Waals surface area contributed by atoms with Crippen molar-refractivity contribution < 1.29 is 43.4 Å². The summed E-state index contributed by atoms with van der Waals surface area (Å²) < 4.78 is 23.0. The lowest BCUT2D eigenvalue weighted by Gasteiger charge is -2.36. The van der Waals surface area contributed by atoms with Crippen LogP contribution in [0.2, 0.25) is 0 Å². The number of hydrogen-bond acceptors (Lipinski definition) is 7. The molecule has 0 radical (unpaired) electrons. The van der Waals surface area contributed by atoms with Gasteiger partial charge in [-0.15, -0.1) is 23.2 Å². The van der Waals surface area contributed by atoms with Crippen LogP contribution in [0.15, 0.2) is 24.3 Å². The molecule has 0 saturated carbocycles. The molecule has 0 aromatic heterocycles. The van der Waals surface area contributed by atoms with Crippen molar-refractivity contribution in [2.24, 2.45) is 5.73 Å². The Bertz CT molecular complexity index is 1030. The molecule has 1 aliphatic rings. The van der Waals surface area contributed by atoms with Crippen molar-refractivity contribution in [3.8, 4) is 0 Å². The molecule has 13 nitrogen and oxygen atoms in total. The van der Waals surface area contributed by atoms with Crippen molar-refractivity contribution in [2.75, 3.05) is 57.6 Å². The van der Waals surface area contributed by atoms with Crippen LogP contribution in [-0.2, 0) is 25.1 Å². The van der Waals surface area contributed by atoms with Gasteiger partial charge < -0.3 is 35.3 Å². The predicted octanol–water partition coefficient (Wildman–Crippen LogP) is 0.424. The van der Waals surface area contributed by atoms with E-state index in [1.807, 2.05) is 17.0 Å².